The van der Waals surface area contributed by atoms with Crippen LogP contribution in [0.3, 0.4) is 0 Å². The molecule has 0 saturated carbocycles. The summed E-state index contributed by atoms with van der Waals surface area (Å²) in [6.45, 7) is 9.60. The second kappa shape index (κ2) is 6.26. The van der Waals surface area contributed by atoms with Gasteiger partial charge in [0.15, 0.2) is 5.76 Å². The highest BCUT2D eigenvalue weighted by molar-refractivity contribution is 5.94. The quantitative estimate of drug-likeness (QED) is 0.841. The number of piperazine rings is 1. The third-order valence-electron chi connectivity index (χ3n) is 4.31. The van der Waals surface area contributed by atoms with Gasteiger partial charge < -0.3 is 19.1 Å². The first-order valence-corrected chi connectivity index (χ1v) is 8.00. The molecule has 1 aromatic heterocycles. The Morgan fingerprint density at radius 2 is 1.91 bits per heavy atom. The predicted octanol–water partition coefficient (Wildman–Crippen LogP) is 2.62. The molecule has 0 radical (unpaired) electrons. The van der Waals surface area contributed by atoms with Crippen molar-refractivity contribution >= 4 is 11.9 Å². The molecular formula is C17H27N3O3. The summed E-state index contributed by atoms with van der Waals surface area (Å²) in [5.41, 5.74) is 0.486. The van der Waals surface area contributed by atoms with Crippen LogP contribution in [0.5, 0.6) is 0 Å². The summed E-state index contributed by atoms with van der Waals surface area (Å²) in [6.07, 6.45) is 1.57. The highest BCUT2D eigenvalue weighted by Gasteiger charge is 2.40. The summed E-state index contributed by atoms with van der Waals surface area (Å²) >= 11 is 0. The number of hydrogen-bond acceptors (Lipinski definition) is 3. The Morgan fingerprint density at radius 1 is 1.26 bits per heavy atom. The Labute approximate surface area is 138 Å². The lowest BCUT2D eigenvalue weighted by Crippen LogP contribution is -2.63. The number of urea groups is 1. The number of amides is 3. The number of furan rings is 1. The summed E-state index contributed by atoms with van der Waals surface area (Å²) in [5, 5.41) is 0. The van der Waals surface area contributed by atoms with E-state index in [-0.39, 0.29) is 17.9 Å². The Kier molecular flexibility index (Phi) is 4.73. The van der Waals surface area contributed by atoms with Gasteiger partial charge in [0, 0.05) is 39.3 Å². The van der Waals surface area contributed by atoms with Crippen molar-refractivity contribution < 1.29 is 14.0 Å². The van der Waals surface area contributed by atoms with Crippen LogP contribution in [-0.2, 0) is 0 Å². The fourth-order valence-electron chi connectivity index (χ4n) is 3.05. The van der Waals surface area contributed by atoms with E-state index in [2.05, 4.69) is 0 Å². The van der Waals surface area contributed by atoms with Crippen LogP contribution in [0.4, 0.5) is 4.79 Å². The van der Waals surface area contributed by atoms with Gasteiger partial charge in [0.2, 0.25) is 0 Å². The topological polar surface area (TPSA) is 57.0 Å². The molecule has 128 valence electrons. The molecule has 6 heteroatoms. The molecule has 1 fully saturated rings. The van der Waals surface area contributed by atoms with Crippen LogP contribution in [0.25, 0.3) is 0 Å². The molecule has 6 nitrogen and oxygen atoms in total. The molecule has 1 aromatic rings. The van der Waals surface area contributed by atoms with Gasteiger partial charge in [0.1, 0.15) is 0 Å². The summed E-state index contributed by atoms with van der Waals surface area (Å²) in [5.74, 6) is 0.550. The minimum Gasteiger partial charge on any atom is -0.459 e. The van der Waals surface area contributed by atoms with Gasteiger partial charge in [-0.15, -0.1) is 0 Å². The molecule has 0 atom stereocenters. The van der Waals surface area contributed by atoms with Crippen molar-refractivity contribution in [3.05, 3.63) is 23.7 Å². The van der Waals surface area contributed by atoms with Crippen molar-refractivity contribution in [2.24, 2.45) is 0 Å². The average Bonchev–Trinajstić information content (AvgIpc) is 2.94. The van der Waals surface area contributed by atoms with E-state index in [4.69, 9.17) is 4.42 Å². The van der Waals surface area contributed by atoms with Gasteiger partial charge in [-0.2, -0.15) is 0 Å². The molecule has 0 N–H and O–H groups in total. The van der Waals surface area contributed by atoms with E-state index in [1.165, 1.54) is 0 Å². The van der Waals surface area contributed by atoms with Crippen molar-refractivity contribution in [2.45, 2.75) is 39.2 Å². The van der Waals surface area contributed by atoms with Crippen LogP contribution in [0.2, 0.25) is 0 Å². The Balaban J connectivity index is 2.20. The lowest BCUT2D eigenvalue weighted by atomic mass is 9.96. The third kappa shape index (κ3) is 3.35. The Bertz CT molecular complexity index is 590. The minimum atomic E-state index is -0.442. The molecule has 23 heavy (non-hydrogen) atoms. The summed E-state index contributed by atoms with van der Waals surface area (Å²) in [7, 11) is 3.48. The zero-order valence-electron chi connectivity index (χ0n) is 14.9. The predicted molar refractivity (Wildman–Crippen MR) is 88.6 cm³/mol. The fraction of sp³-hybridized carbons (Fsp3) is 0.647. The van der Waals surface area contributed by atoms with E-state index in [0.717, 1.165) is 5.56 Å². The zero-order chi connectivity index (χ0) is 17.4. The lowest BCUT2D eigenvalue weighted by Gasteiger charge is -2.47. The van der Waals surface area contributed by atoms with E-state index in [1.807, 2.05) is 38.7 Å². The molecule has 0 aromatic carbocycles. The van der Waals surface area contributed by atoms with Crippen LogP contribution in [0, 0.1) is 0 Å². The molecule has 0 aliphatic carbocycles. The monoisotopic (exact) mass is 321 g/mol. The lowest BCUT2D eigenvalue weighted by molar-refractivity contribution is 0.0215. The number of carbonyl (C=O) groups excluding carboxylic acids is 2. The Morgan fingerprint density at radius 3 is 2.43 bits per heavy atom. The summed E-state index contributed by atoms with van der Waals surface area (Å²) in [6, 6.07) is 1.84. The van der Waals surface area contributed by atoms with Crippen LogP contribution in [-0.4, -0.2) is 65.9 Å². The maximum Gasteiger partial charge on any atom is 0.319 e. The van der Waals surface area contributed by atoms with E-state index >= 15 is 0 Å². The van der Waals surface area contributed by atoms with Gasteiger partial charge in [-0.25, -0.2) is 4.79 Å². The van der Waals surface area contributed by atoms with Crippen molar-refractivity contribution in [1.82, 2.24) is 14.7 Å². The van der Waals surface area contributed by atoms with Gasteiger partial charge >= 0.3 is 6.03 Å². The van der Waals surface area contributed by atoms with Gasteiger partial charge in [-0.05, 0) is 25.8 Å². The number of carbonyl (C=O) groups is 2. The Hall–Kier alpha value is -1.98. The second-order valence-corrected chi connectivity index (χ2v) is 7.23. The molecule has 0 spiro atoms. The van der Waals surface area contributed by atoms with Crippen LogP contribution in [0.1, 0.15) is 49.7 Å². The maximum absolute atomic E-state index is 12.9. The largest absolute Gasteiger partial charge is 0.459 e. The van der Waals surface area contributed by atoms with Gasteiger partial charge in [0.05, 0.1) is 11.8 Å². The molecule has 0 bridgehead atoms. The first-order valence-electron chi connectivity index (χ1n) is 8.00. The molecule has 1 aliphatic heterocycles. The molecule has 1 aliphatic rings. The van der Waals surface area contributed by atoms with E-state index < -0.39 is 5.54 Å². The van der Waals surface area contributed by atoms with Crippen LogP contribution < -0.4 is 0 Å². The molecule has 1 saturated heterocycles. The van der Waals surface area contributed by atoms with Crippen molar-refractivity contribution in [1.29, 1.82) is 0 Å². The van der Waals surface area contributed by atoms with Gasteiger partial charge in [0.25, 0.3) is 5.91 Å². The molecule has 2 rings (SSSR count). The SMILES string of the molecule is CC(C)c1ccoc1C(=O)N1CCN(C(=O)N(C)C)CC1(C)C. The molecule has 3 amide bonds. The second-order valence-electron chi connectivity index (χ2n) is 7.23. The normalized spacial score (nSPS) is 17.5. The van der Waals surface area contributed by atoms with E-state index in [0.29, 0.717) is 25.4 Å². The van der Waals surface area contributed by atoms with Crippen LogP contribution in [0.15, 0.2) is 16.7 Å². The van der Waals surface area contributed by atoms with Crippen molar-refractivity contribution in [2.75, 3.05) is 33.7 Å². The molecule has 2 heterocycles. The number of rotatable bonds is 2. The highest BCUT2D eigenvalue weighted by atomic mass is 16.3. The average molecular weight is 321 g/mol. The van der Waals surface area contributed by atoms with E-state index in [9.17, 15) is 9.59 Å². The fourth-order valence-corrected chi connectivity index (χ4v) is 3.05. The van der Waals surface area contributed by atoms with Gasteiger partial charge in [-0.3, -0.25) is 4.79 Å². The van der Waals surface area contributed by atoms with Crippen molar-refractivity contribution in [3.63, 3.8) is 0 Å². The van der Waals surface area contributed by atoms with Crippen LogP contribution >= 0.6 is 0 Å². The summed E-state index contributed by atoms with van der Waals surface area (Å²) < 4.78 is 5.47. The smallest absolute Gasteiger partial charge is 0.319 e. The van der Waals surface area contributed by atoms with Crippen molar-refractivity contribution in [3.8, 4) is 0 Å². The third-order valence-corrected chi connectivity index (χ3v) is 4.31. The summed E-state index contributed by atoms with van der Waals surface area (Å²) in [4.78, 5) is 30.3. The first kappa shape index (κ1) is 17.4. The maximum atomic E-state index is 12.9. The zero-order valence-corrected chi connectivity index (χ0v) is 14.9. The van der Waals surface area contributed by atoms with Gasteiger partial charge in [-0.1, -0.05) is 13.8 Å². The number of nitrogens with zero attached hydrogens (tertiary/aromatic N) is 3. The standard InChI is InChI=1S/C17H27N3O3/c1-12(2)13-7-10-23-14(13)15(21)20-9-8-19(11-17(20,3)4)16(22)18(5)6/h7,10,12H,8-9,11H2,1-6H3. The molecule has 0 unspecified atom stereocenters. The molecular weight excluding hydrogens is 294 g/mol. The minimum absolute atomic E-state index is 0.0222. The highest BCUT2D eigenvalue weighted by Crippen LogP contribution is 2.27. The first-order chi connectivity index (χ1) is 10.6. The van der Waals surface area contributed by atoms with E-state index in [1.54, 1.807) is 30.2 Å². The number of hydrogen-bond donors (Lipinski definition) is 0.